The third kappa shape index (κ3) is 1.40. The lowest BCUT2D eigenvalue weighted by Gasteiger charge is -2.04. The van der Waals surface area contributed by atoms with E-state index >= 15 is 0 Å². The van der Waals surface area contributed by atoms with Crippen molar-refractivity contribution in [1.82, 2.24) is 0 Å². The van der Waals surface area contributed by atoms with Crippen LogP contribution >= 0.6 is 0 Å². The van der Waals surface area contributed by atoms with Gasteiger partial charge in [-0.3, -0.25) is 0 Å². The minimum atomic E-state index is -0.271. The van der Waals surface area contributed by atoms with Crippen molar-refractivity contribution in [3.63, 3.8) is 0 Å². The number of rotatable bonds is 1. The molecule has 1 unspecified atom stereocenters. The molecular formula is C11H14NO2+. The Morgan fingerprint density at radius 3 is 3.07 bits per heavy atom. The van der Waals surface area contributed by atoms with Gasteiger partial charge in [0.25, 0.3) is 0 Å². The zero-order valence-corrected chi connectivity index (χ0v) is 8.25. The molecule has 1 aliphatic rings. The third-order valence-corrected chi connectivity index (χ3v) is 2.77. The molecule has 1 aromatic carbocycles. The van der Waals surface area contributed by atoms with Gasteiger partial charge < -0.3 is 10.5 Å². The van der Waals surface area contributed by atoms with Gasteiger partial charge in [-0.2, -0.15) is 0 Å². The van der Waals surface area contributed by atoms with E-state index in [1.807, 2.05) is 18.2 Å². The van der Waals surface area contributed by atoms with Gasteiger partial charge in [-0.15, -0.1) is 0 Å². The van der Waals surface area contributed by atoms with Crippen molar-refractivity contribution in [2.45, 2.75) is 18.9 Å². The van der Waals surface area contributed by atoms with E-state index in [9.17, 15) is 4.79 Å². The van der Waals surface area contributed by atoms with E-state index in [-0.39, 0.29) is 5.97 Å². The fraction of sp³-hybridized carbons (Fsp3) is 0.364. The summed E-state index contributed by atoms with van der Waals surface area (Å²) >= 11 is 0. The quantitative estimate of drug-likeness (QED) is 0.666. The monoisotopic (exact) mass is 192 g/mol. The topological polar surface area (TPSA) is 53.9 Å². The summed E-state index contributed by atoms with van der Waals surface area (Å²) in [6, 6.07) is 6.07. The lowest BCUT2D eigenvalue weighted by Crippen LogP contribution is -2.52. The summed E-state index contributed by atoms with van der Waals surface area (Å²) in [6.45, 7) is 0. The molecule has 0 aliphatic heterocycles. The minimum absolute atomic E-state index is 0.271. The second-order valence-corrected chi connectivity index (χ2v) is 3.64. The van der Waals surface area contributed by atoms with Crippen LogP contribution in [0.25, 0.3) is 0 Å². The first-order valence-corrected chi connectivity index (χ1v) is 4.76. The zero-order valence-electron chi connectivity index (χ0n) is 8.25. The maximum absolute atomic E-state index is 11.3. The van der Waals surface area contributed by atoms with Gasteiger partial charge in [0.2, 0.25) is 0 Å². The Labute approximate surface area is 82.9 Å². The van der Waals surface area contributed by atoms with Crippen LogP contribution in [0, 0.1) is 0 Å². The van der Waals surface area contributed by atoms with Crippen LogP contribution in [0.15, 0.2) is 18.2 Å². The Morgan fingerprint density at radius 2 is 2.36 bits per heavy atom. The molecule has 0 amide bonds. The largest absolute Gasteiger partial charge is 0.465 e. The number of benzene rings is 1. The summed E-state index contributed by atoms with van der Waals surface area (Å²) in [5.74, 6) is -0.271. The molecule has 3 nitrogen and oxygen atoms in total. The molecule has 0 heterocycles. The van der Waals surface area contributed by atoms with Crippen molar-refractivity contribution in [2.24, 2.45) is 0 Å². The van der Waals surface area contributed by atoms with Gasteiger partial charge in [-0.1, -0.05) is 6.07 Å². The normalized spacial score (nSPS) is 19.1. The molecule has 3 N–H and O–H groups in total. The van der Waals surface area contributed by atoms with E-state index in [4.69, 9.17) is 0 Å². The summed E-state index contributed by atoms with van der Waals surface area (Å²) in [6.07, 6.45) is 2.16. The first-order chi connectivity index (χ1) is 6.72. The van der Waals surface area contributed by atoms with Gasteiger partial charge in [0.15, 0.2) is 0 Å². The van der Waals surface area contributed by atoms with Gasteiger partial charge in [-0.05, 0) is 24.1 Å². The molecule has 74 valence electrons. The number of fused-ring (bicyclic) bond motifs is 1. The highest BCUT2D eigenvalue weighted by Gasteiger charge is 2.23. The predicted molar refractivity (Wildman–Crippen MR) is 51.7 cm³/mol. The van der Waals surface area contributed by atoms with Crippen LogP contribution in [0.5, 0.6) is 0 Å². The molecule has 14 heavy (non-hydrogen) atoms. The van der Waals surface area contributed by atoms with Gasteiger partial charge >= 0.3 is 5.97 Å². The number of carbonyl (C=O) groups excluding carboxylic acids is 1. The fourth-order valence-corrected chi connectivity index (χ4v) is 1.93. The maximum atomic E-state index is 11.3. The summed E-state index contributed by atoms with van der Waals surface area (Å²) in [5.41, 5.74) is 7.20. The highest BCUT2D eigenvalue weighted by Crippen LogP contribution is 2.28. The van der Waals surface area contributed by atoms with Crippen LogP contribution in [0.1, 0.15) is 33.9 Å². The number of methoxy groups -OCH3 is 1. The fourth-order valence-electron chi connectivity index (χ4n) is 1.93. The number of hydrogen-bond acceptors (Lipinski definition) is 2. The Morgan fingerprint density at radius 1 is 1.57 bits per heavy atom. The van der Waals surface area contributed by atoms with Gasteiger partial charge in [0.05, 0.1) is 12.7 Å². The molecule has 3 heteroatoms. The molecule has 0 saturated carbocycles. The lowest BCUT2D eigenvalue weighted by molar-refractivity contribution is -0.425. The molecule has 1 aliphatic carbocycles. The van der Waals surface area contributed by atoms with Gasteiger partial charge in [0, 0.05) is 12.0 Å². The van der Waals surface area contributed by atoms with Crippen LogP contribution in [-0.4, -0.2) is 13.1 Å². The number of carbonyl (C=O) groups is 1. The smallest absolute Gasteiger partial charge is 0.337 e. The highest BCUT2D eigenvalue weighted by atomic mass is 16.5. The van der Waals surface area contributed by atoms with Crippen LogP contribution in [0.3, 0.4) is 0 Å². The Kier molecular flexibility index (Phi) is 2.25. The van der Waals surface area contributed by atoms with Crippen molar-refractivity contribution in [2.75, 3.05) is 7.11 Å². The second-order valence-electron chi connectivity index (χ2n) is 3.64. The van der Waals surface area contributed by atoms with E-state index in [0.29, 0.717) is 11.6 Å². The average molecular weight is 192 g/mol. The first-order valence-electron chi connectivity index (χ1n) is 4.76. The number of hydrogen-bond donors (Lipinski definition) is 1. The zero-order chi connectivity index (χ0) is 10.1. The molecule has 1 aromatic rings. The molecule has 0 spiro atoms. The van der Waals surface area contributed by atoms with E-state index in [1.54, 1.807) is 0 Å². The molecule has 0 aromatic heterocycles. The first kappa shape index (κ1) is 9.21. The average Bonchev–Trinajstić information content (AvgIpc) is 2.59. The maximum Gasteiger partial charge on any atom is 0.337 e. The Balaban J connectivity index is 2.39. The van der Waals surface area contributed by atoms with Crippen LogP contribution in [0.4, 0.5) is 0 Å². The van der Waals surface area contributed by atoms with Crippen molar-refractivity contribution in [1.29, 1.82) is 0 Å². The molecule has 0 radical (unpaired) electrons. The van der Waals surface area contributed by atoms with E-state index in [2.05, 4.69) is 10.5 Å². The van der Waals surface area contributed by atoms with Crippen LogP contribution in [-0.2, 0) is 11.2 Å². The van der Waals surface area contributed by atoms with E-state index < -0.39 is 0 Å². The molecular weight excluding hydrogens is 178 g/mol. The summed E-state index contributed by atoms with van der Waals surface area (Å²) in [7, 11) is 1.40. The highest BCUT2D eigenvalue weighted by molar-refractivity contribution is 5.89. The molecule has 0 fully saturated rings. The van der Waals surface area contributed by atoms with Crippen molar-refractivity contribution >= 4 is 5.97 Å². The molecule has 1 atom stereocenters. The van der Waals surface area contributed by atoms with Gasteiger partial charge in [-0.25, -0.2) is 4.79 Å². The number of quaternary nitrogens is 1. The van der Waals surface area contributed by atoms with Crippen LogP contribution in [0.2, 0.25) is 0 Å². The van der Waals surface area contributed by atoms with Crippen molar-refractivity contribution < 1.29 is 15.3 Å². The minimum Gasteiger partial charge on any atom is -0.465 e. The predicted octanol–water partition coefficient (Wildman–Crippen LogP) is 0.702. The number of ether oxygens (including phenoxy) is 1. The third-order valence-electron chi connectivity index (χ3n) is 2.77. The van der Waals surface area contributed by atoms with Crippen molar-refractivity contribution in [3.05, 3.63) is 34.9 Å². The molecule has 0 saturated heterocycles. The molecule has 2 rings (SSSR count). The Bertz CT molecular complexity index is 374. The SMILES string of the molecule is COC(=O)c1ccc2c(c1)C([NH3+])CC2. The van der Waals surface area contributed by atoms with E-state index in [0.717, 1.165) is 12.8 Å². The number of aryl methyl sites for hydroxylation is 1. The van der Waals surface area contributed by atoms with E-state index in [1.165, 1.54) is 18.2 Å². The summed E-state index contributed by atoms with van der Waals surface area (Å²) < 4.78 is 4.67. The summed E-state index contributed by atoms with van der Waals surface area (Å²) in [4.78, 5) is 11.3. The van der Waals surface area contributed by atoms with Crippen molar-refractivity contribution in [3.8, 4) is 0 Å². The number of esters is 1. The second kappa shape index (κ2) is 3.42. The standard InChI is InChI=1S/C11H13NO2/c1-14-11(13)8-3-2-7-4-5-10(12)9(7)6-8/h2-3,6,10H,4-5,12H2,1H3/p+1. The van der Waals surface area contributed by atoms with Gasteiger partial charge in [0.1, 0.15) is 6.04 Å². The lowest BCUT2D eigenvalue weighted by atomic mass is 10.0. The Hall–Kier alpha value is -1.35. The summed E-state index contributed by atoms with van der Waals surface area (Å²) in [5, 5.41) is 0. The van der Waals surface area contributed by atoms with Crippen LogP contribution < -0.4 is 5.73 Å². The molecule has 0 bridgehead atoms.